The fraction of sp³-hybridized carbons (Fsp3) is 0.350. The van der Waals surface area contributed by atoms with Gasteiger partial charge in [-0.2, -0.15) is 0 Å². The van der Waals surface area contributed by atoms with E-state index in [1.165, 1.54) is 0 Å². The van der Waals surface area contributed by atoms with Crippen molar-refractivity contribution in [1.29, 1.82) is 0 Å². The van der Waals surface area contributed by atoms with Gasteiger partial charge in [-0.15, -0.1) is 0 Å². The number of sulfonamides is 1. The Labute approximate surface area is 181 Å². The zero-order chi connectivity index (χ0) is 21.3. The van der Waals surface area contributed by atoms with Crippen LogP contribution in [0.2, 0.25) is 10.0 Å². The van der Waals surface area contributed by atoms with E-state index in [0.29, 0.717) is 31.9 Å². The molecule has 2 aromatic rings. The molecule has 0 radical (unpaired) electrons. The molecular weight excluding hydrogens is 435 g/mol. The lowest BCUT2D eigenvalue weighted by atomic mass is 10.2. The molecule has 9 heteroatoms. The fourth-order valence-electron chi connectivity index (χ4n) is 2.65. The highest BCUT2D eigenvalue weighted by Crippen LogP contribution is 2.33. The molecule has 2 aromatic carbocycles. The maximum absolute atomic E-state index is 12.1. The molecule has 0 unspecified atom stereocenters. The monoisotopic (exact) mass is 458 g/mol. The van der Waals surface area contributed by atoms with Gasteiger partial charge in [0.05, 0.1) is 35.2 Å². The maximum Gasteiger partial charge on any atom is 0.232 e. The molecule has 0 atom stereocenters. The minimum atomic E-state index is -3.57. The number of nitrogens with zero attached hydrogens (tertiary/aromatic N) is 1. The number of carbonyl (C=O) groups excluding carboxylic acids is 1. The first-order valence-corrected chi connectivity index (χ1v) is 11.7. The van der Waals surface area contributed by atoms with E-state index >= 15 is 0 Å². The predicted octanol–water partition coefficient (Wildman–Crippen LogP) is 3.87. The van der Waals surface area contributed by atoms with Crippen molar-refractivity contribution in [3.63, 3.8) is 0 Å². The highest BCUT2D eigenvalue weighted by Gasteiger charge is 2.21. The third-order valence-corrected chi connectivity index (χ3v) is 6.03. The Bertz CT molecular complexity index is 908. The van der Waals surface area contributed by atoms with Crippen molar-refractivity contribution in [2.45, 2.75) is 19.4 Å². The van der Waals surface area contributed by atoms with Crippen LogP contribution < -0.4 is 9.62 Å². The second-order valence-electron chi connectivity index (χ2n) is 6.40. The van der Waals surface area contributed by atoms with E-state index < -0.39 is 10.0 Å². The molecule has 1 N–H and O–H groups in total. The molecule has 1 amide bonds. The standard InChI is InChI=1S/C20H24Cl2N2O4S/c1-29(26,27)24(18-10-5-9-17(21)20(18)22)13-6-11-19(25)23-12-14-28-15-16-7-3-2-4-8-16/h2-5,7-10H,6,11-15H2,1H3,(H,23,25). The second-order valence-corrected chi connectivity index (χ2v) is 9.09. The number of carbonyl (C=O) groups is 1. The van der Waals surface area contributed by atoms with Gasteiger partial charge in [0, 0.05) is 19.5 Å². The molecule has 0 saturated carbocycles. The number of anilines is 1. The number of nitrogens with one attached hydrogen (secondary N) is 1. The van der Waals surface area contributed by atoms with Gasteiger partial charge in [0.1, 0.15) is 0 Å². The minimum absolute atomic E-state index is 0.122. The van der Waals surface area contributed by atoms with Gasteiger partial charge in [0.15, 0.2) is 0 Å². The number of hydrogen-bond donors (Lipinski definition) is 1. The van der Waals surface area contributed by atoms with Crippen molar-refractivity contribution in [2.75, 3.05) is 30.3 Å². The van der Waals surface area contributed by atoms with Crippen molar-refractivity contribution in [3.05, 3.63) is 64.1 Å². The van der Waals surface area contributed by atoms with E-state index in [2.05, 4.69) is 5.32 Å². The molecule has 0 aliphatic carbocycles. The molecule has 158 valence electrons. The summed E-state index contributed by atoms with van der Waals surface area (Å²) < 4.78 is 31.0. The molecule has 0 fully saturated rings. The van der Waals surface area contributed by atoms with E-state index in [4.69, 9.17) is 27.9 Å². The normalized spacial score (nSPS) is 11.3. The van der Waals surface area contributed by atoms with Crippen molar-refractivity contribution in [3.8, 4) is 0 Å². The van der Waals surface area contributed by atoms with E-state index in [9.17, 15) is 13.2 Å². The van der Waals surface area contributed by atoms with Crippen LogP contribution in [0.15, 0.2) is 48.5 Å². The van der Waals surface area contributed by atoms with Gasteiger partial charge in [0.2, 0.25) is 15.9 Å². The van der Waals surface area contributed by atoms with Crippen LogP contribution in [-0.2, 0) is 26.2 Å². The molecule has 0 bridgehead atoms. The number of amides is 1. The summed E-state index contributed by atoms with van der Waals surface area (Å²) in [4.78, 5) is 12.0. The van der Waals surface area contributed by atoms with Crippen LogP contribution in [-0.4, -0.2) is 40.3 Å². The van der Waals surface area contributed by atoms with Gasteiger partial charge in [-0.05, 0) is 24.1 Å². The topological polar surface area (TPSA) is 75.7 Å². The molecule has 0 aliphatic rings. The molecule has 6 nitrogen and oxygen atoms in total. The summed E-state index contributed by atoms with van der Waals surface area (Å²) in [6.45, 7) is 1.40. The van der Waals surface area contributed by atoms with Gasteiger partial charge < -0.3 is 10.1 Å². The summed E-state index contributed by atoms with van der Waals surface area (Å²) in [5.41, 5.74) is 1.37. The highest BCUT2D eigenvalue weighted by molar-refractivity contribution is 7.92. The summed E-state index contributed by atoms with van der Waals surface area (Å²) >= 11 is 12.1. The first-order valence-electron chi connectivity index (χ1n) is 9.09. The molecule has 2 rings (SSSR count). The lowest BCUT2D eigenvalue weighted by Gasteiger charge is -2.23. The maximum atomic E-state index is 12.1. The van der Waals surface area contributed by atoms with Crippen LogP contribution >= 0.6 is 23.2 Å². The smallest absolute Gasteiger partial charge is 0.232 e. The van der Waals surface area contributed by atoms with Crippen molar-refractivity contribution < 1.29 is 17.9 Å². The lowest BCUT2D eigenvalue weighted by Crippen LogP contribution is -2.33. The highest BCUT2D eigenvalue weighted by atomic mass is 35.5. The largest absolute Gasteiger partial charge is 0.375 e. The SMILES string of the molecule is CS(=O)(=O)N(CCCC(=O)NCCOCc1ccccc1)c1cccc(Cl)c1Cl. The third-order valence-electron chi connectivity index (χ3n) is 4.05. The number of rotatable bonds is 11. The summed E-state index contributed by atoms with van der Waals surface area (Å²) in [5.74, 6) is -0.168. The average molecular weight is 459 g/mol. The van der Waals surface area contributed by atoms with E-state index in [0.717, 1.165) is 16.1 Å². The zero-order valence-electron chi connectivity index (χ0n) is 16.1. The minimum Gasteiger partial charge on any atom is -0.375 e. The first kappa shape index (κ1) is 23.5. The van der Waals surface area contributed by atoms with Gasteiger partial charge >= 0.3 is 0 Å². The number of halogens is 2. The molecule has 0 aromatic heterocycles. The van der Waals surface area contributed by atoms with Gasteiger partial charge in [-0.3, -0.25) is 9.10 Å². The number of benzene rings is 2. The molecule has 0 aliphatic heterocycles. The van der Waals surface area contributed by atoms with Gasteiger partial charge in [-0.25, -0.2) is 8.42 Å². The molecule has 0 spiro atoms. The Hall–Kier alpha value is -1.80. The third kappa shape index (κ3) is 7.85. The number of ether oxygens (including phenoxy) is 1. The van der Waals surface area contributed by atoms with Crippen molar-refractivity contribution in [2.24, 2.45) is 0 Å². The number of hydrogen-bond acceptors (Lipinski definition) is 4. The fourth-order valence-corrected chi connectivity index (χ4v) is 4.07. The van der Waals surface area contributed by atoms with Crippen molar-refractivity contribution in [1.82, 2.24) is 5.32 Å². The summed E-state index contributed by atoms with van der Waals surface area (Å²) in [5, 5.41) is 3.20. The van der Waals surface area contributed by atoms with Gasteiger partial charge in [0.25, 0.3) is 0 Å². The Kier molecular flexibility index (Phi) is 9.23. The van der Waals surface area contributed by atoms with Crippen LogP contribution in [0, 0.1) is 0 Å². The van der Waals surface area contributed by atoms with Gasteiger partial charge in [-0.1, -0.05) is 59.6 Å². The average Bonchev–Trinajstić information content (AvgIpc) is 2.67. The van der Waals surface area contributed by atoms with Crippen LogP contribution in [0.25, 0.3) is 0 Å². The Balaban J connectivity index is 1.74. The van der Waals surface area contributed by atoms with E-state index in [-0.39, 0.29) is 28.9 Å². The summed E-state index contributed by atoms with van der Waals surface area (Å²) in [7, 11) is -3.57. The van der Waals surface area contributed by atoms with Crippen LogP contribution in [0.4, 0.5) is 5.69 Å². The molecule has 29 heavy (non-hydrogen) atoms. The van der Waals surface area contributed by atoms with Crippen LogP contribution in [0.5, 0.6) is 0 Å². The Morgan fingerprint density at radius 2 is 1.83 bits per heavy atom. The first-order chi connectivity index (χ1) is 13.8. The van der Waals surface area contributed by atoms with E-state index in [1.54, 1.807) is 18.2 Å². The Morgan fingerprint density at radius 1 is 1.10 bits per heavy atom. The summed E-state index contributed by atoms with van der Waals surface area (Å²) in [6.07, 6.45) is 1.61. The van der Waals surface area contributed by atoms with Crippen molar-refractivity contribution >= 4 is 44.8 Å². The molecule has 0 heterocycles. The quantitative estimate of drug-likeness (QED) is 0.518. The zero-order valence-corrected chi connectivity index (χ0v) is 18.4. The Morgan fingerprint density at radius 3 is 2.52 bits per heavy atom. The summed E-state index contributed by atoms with van der Waals surface area (Å²) in [6, 6.07) is 14.6. The van der Waals surface area contributed by atoms with E-state index in [1.807, 2.05) is 30.3 Å². The molecule has 0 saturated heterocycles. The lowest BCUT2D eigenvalue weighted by molar-refractivity contribution is -0.121. The van der Waals surface area contributed by atoms with Crippen LogP contribution in [0.3, 0.4) is 0 Å². The molecular formula is C20H24Cl2N2O4S. The second kappa shape index (κ2) is 11.4. The van der Waals surface area contributed by atoms with Crippen LogP contribution in [0.1, 0.15) is 18.4 Å². The predicted molar refractivity (Wildman–Crippen MR) is 117 cm³/mol.